The van der Waals surface area contributed by atoms with Crippen LogP contribution in [0.2, 0.25) is 5.02 Å². The SMILES string of the molecule is Cc1cc(Br)cc(-c2noc(N)c2-c2cccc(Cl)c2)c1. The van der Waals surface area contributed by atoms with Gasteiger partial charge in [-0.3, -0.25) is 0 Å². The molecule has 0 unspecified atom stereocenters. The van der Waals surface area contributed by atoms with Gasteiger partial charge in [-0.1, -0.05) is 44.8 Å². The highest BCUT2D eigenvalue weighted by molar-refractivity contribution is 9.10. The maximum Gasteiger partial charge on any atom is 0.230 e. The molecule has 0 saturated heterocycles. The molecule has 2 N–H and O–H groups in total. The minimum absolute atomic E-state index is 0.282. The molecule has 0 bridgehead atoms. The first-order chi connectivity index (χ1) is 10.0. The van der Waals surface area contributed by atoms with E-state index in [0.29, 0.717) is 10.7 Å². The monoisotopic (exact) mass is 362 g/mol. The Balaban J connectivity index is 2.21. The second-order valence-corrected chi connectivity index (χ2v) is 6.15. The summed E-state index contributed by atoms with van der Waals surface area (Å²) in [6.07, 6.45) is 0. The molecule has 0 amide bonds. The van der Waals surface area contributed by atoms with Gasteiger partial charge in [0.15, 0.2) is 0 Å². The number of aromatic nitrogens is 1. The van der Waals surface area contributed by atoms with Gasteiger partial charge in [-0.2, -0.15) is 0 Å². The molecule has 3 aromatic rings. The Bertz CT molecular complexity index is 794. The summed E-state index contributed by atoms with van der Waals surface area (Å²) in [5, 5.41) is 4.75. The lowest BCUT2D eigenvalue weighted by atomic mass is 10.00. The van der Waals surface area contributed by atoms with Crippen molar-refractivity contribution in [2.45, 2.75) is 6.92 Å². The van der Waals surface area contributed by atoms with Crippen molar-refractivity contribution in [3.8, 4) is 22.4 Å². The van der Waals surface area contributed by atoms with Crippen LogP contribution < -0.4 is 5.73 Å². The fraction of sp³-hybridized carbons (Fsp3) is 0.0625. The maximum atomic E-state index is 6.06. The molecule has 2 aromatic carbocycles. The maximum absolute atomic E-state index is 6.06. The largest absolute Gasteiger partial charge is 0.367 e. The summed E-state index contributed by atoms with van der Waals surface area (Å²) < 4.78 is 6.18. The van der Waals surface area contributed by atoms with Crippen molar-refractivity contribution in [1.82, 2.24) is 5.16 Å². The van der Waals surface area contributed by atoms with E-state index in [9.17, 15) is 0 Å². The number of hydrogen-bond acceptors (Lipinski definition) is 3. The molecule has 106 valence electrons. The summed E-state index contributed by atoms with van der Waals surface area (Å²) in [5.74, 6) is 0.282. The smallest absolute Gasteiger partial charge is 0.230 e. The molecule has 5 heteroatoms. The van der Waals surface area contributed by atoms with Gasteiger partial charge in [-0.15, -0.1) is 0 Å². The van der Waals surface area contributed by atoms with E-state index in [0.717, 1.165) is 26.7 Å². The lowest BCUT2D eigenvalue weighted by Gasteiger charge is -2.05. The van der Waals surface area contributed by atoms with Crippen LogP contribution in [0.4, 0.5) is 5.88 Å². The quantitative estimate of drug-likeness (QED) is 0.671. The van der Waals surface area contributed by atoms with Crippen LogP contribution >= 0.6 is 27.5 Å². The van der Waals surface area contributed by atoms with E-state index in [1.165, 1.54) is 0 Å². The van der Waals surface area contributed by atoms with Gasteiger partial charge in [0, 0.05) is 15.1 Å². The van der Waals surface area contributed by atoms with Gasteiger partial charge in [0.05, 0.1) is 5.56 Å². The molecule has 0 radical (unpaired) electrons. The number of anilines is 1. The first-order valence-corrected chi connectivity index (χ1v) is 7.50. The van der Waals surface area contributed by atoms with Crippen molar-refractivity contribution in [3.63, 3.8) is 0 Å². The fourth-order valence-electron chi connectivity index (χ4n) is 2.30. The van der Waals surface area contributed by atoms with Crippen molar-refractivity contribution < 1.29 is 4.52 Å². The number of nitrogens with two attached hydrogens (primary N) is 1. The van der Waals surface area contributed by atoms with Crippen LogP contribution in [0.25, 0.3) is 22.4 Å². The topological polar surface area (TPSA) is 52.0 Å². The van der Waals surface area contributed by atoms with Gasteiger partial charge in [0.1, 0.15) is 5.69 Å². The van der Waals surface area contributed by atoms with Crippen LogP contribution in [0.5, 0.6) is 0 Å². The summed E-state index contributed by atoms with van der Waals surface area (Å²) >= 11 is 9.56. The van der Waals surface area contributed by atoms with E-state index in [2.05, 4.69) is 21.1 Å². The van der Waals surface area contributed by atoms with Crippen LogP contribution in [-0.2, 0) is 0 Å². The normalized spacial score (nSPS) is 10.8. The molecule has 1 aromatic heterocycles. The Hall–Kier alpha value is -1.78. The van der Waals surface area contributed by atoms with E-state index in [1.807, 2.05) is 49.4 Å². The van der Waals surface area contributed by atoms with Gasteiger partial charge < -0.3 is 10.3 Å². The Labute approximate surface area is 135 Å². The van der Waals surface area contributed by atoms with Gasteiger partial charge in [-0.05, 0) is 48.4 Å². The zero-order valence-electron chi connectivity index (χ0n) is 11.2. The van der Waals surface area contributed by atoms with Gasteiger partial charge in [0.25, 0.3) is 0 Å². The number of benzene rings is 2. The minimum Gasteiger partial charge on any atom is -0.367 e. The number of aryl methyl sites for hydroxylation is 1. The lowest BCUT2D eigenvalue weighted by molar-refractivity contribution is 0.439. The summed E-state index contributed by atoms with van der Waals surface area (Å²) in [5.41, 5.74) is 10.4. The van der Waals surface area contributed by atoms with Crippen LogP contribution in [0, 0.1) is 6.92 Å². The van der Waals surface area contributed by atoms with Crippen LogP contribution in [0.15, 0.2) is 51.5 Å². The highest BCUT2D eigenvalue weighted by atomic mass is 79.9. The molecular weight excluding hydrogens is 352 g/mol. The molecule has 0 atom stereocenters. The molecule has 21 heavy (non-hydrogen) atoms. The first-order valence-electron chi connectivity index (χ1n) is 6.33. The average molecular weight is 364 g/mol. The van der Waals surface area contributed by atoms with E-state index < -0.39 is 0 Å². The summed E-state index contributed by atoms with van der Waals surface area (Å²) in [6, 6.07) is 13.5. The van der Waals surface area contributed by atoms with Gasteiger partial charge >= 0.3 is 0 Å². The molecular formula is C16H12BrClN2O. The summed E-state index contributed by atoms with van der Waals surface area (Å²) in [4.78, 5) is 0. The van der Waals surface area contributed by atoms with E-state index in [-0.39, 0.29) is 5.88 Å². The molecule has 0 aliphatic rings. The van der Waals surface area contributed by atoms with Crippen LogP contribution in [0.1, 0.15) is 5.56 Å². The van der Waals surface area contributed by atoms with E-state index in [4.69, 9.17) is 21.9 Å². The Kier molecular flexibility index (Phi) is 3.74. The van der Waals surface area contributed by atoms with Gasteiger partial charge in [0.2, 0.25) is 5.88 Å². The Morgan fingerprint density at radius 1 is 1.14 bits per heavy atom. The van der Waals surface area contributed by atoms with Crippen LogP contribution in [0.3, 0.4) is 0 Å². The molecule has 3 nitrogen and oxygen atoms in total. The van der Waals surface area contributed by atoms with Gasteiger partial charge in [-0.25, -0.2) is 0 Å². The third-order valence-corrected chi connectivity index (χ3v) is 3.84. The number of nitrogen functional groups attached to an aromatic ring is 1. The number of halogens is 2. The third kappa shape index (κ3) is 2.82. The second-order valence-electron chi connectivity index (χ2n) is 4.80. The standard InChI is InChI=1S/C16H12BrClN2O/c1-9-5-11(7-12(17)6-9)15-14(16(19)21-20-15)10-3-2-4-13(18)8-10/h2-8H,19H2,1H3. The first kappa shape index (κ1) is 14.2. The zero-order valence-corrected chi connectivity index (χ0v) is 13.6. The second kappa shape index (κ2) is 5.54. The molecule has 1 heterocycles. The Morgan fingerprint density at radius 2 is 1.95 bits per heavy atom. The van der Waals surface area contributed by atoms with Crippen molar-refractivity contribution in [1.29, 1.82) is 0 Å². The number of hydrogen-bond donors (Lipinski definition) is 1. The highest BCUT2D eigenvalue weighted by Crippen LogP contribution is 2.38. The predicted molar refractivity (Wildman–Crippen MR) is 89.2 cm³/mol. The molecule has 0 fully saturated rings. The number of rotatable bonds is 2. The van der Waals surface area contributed by atoms with Crippen molar-refractivity contribution in [3.05, 3.63) is 57.5 Å². The van der Waals surface area contributed by atoms with E-state index in [1.54, 1.807) is 0 Å². The molecule has 0 saturated carbocycles. The Morgan fingerprint density at radius 3 is 2.67 bits per heavy atom. The van der Waals surface area contributed by atoms with Crippen molar-refractivity contribution in [2.24, 2.45) is 0 Å². The van der Waals surface area contributed by atoms with Crippen molar-refractivity contribution >= 4 is 33.4 Å². The highest BCUT2D eigenvalue weighted by Gasteiger charge is 2.18. The number of nitrogens with zero attached hydrogens (tertiary/aromatic N) is 1. The average Bonchev–Trinajstić information content (AvgIpc) is 2.79. The summed E-state index contributed by atoms with van der Waals surface area (Å²) in [6.45, 7) is 2.02. The fourth-order valence-corrected chi connectivity index (χ4v) is 3.09. The molecule has 0 aliphatic carbocycles. The zero-order chi connectivity index (χ0) is 15.0. The molecule has 0 spiro atoms. The summed E-state index contributed by atoms with van der Waals surface area (Å²) in [7, 11) is 0. The third-order valence-electron chi connectivity index (χ3n) is 3.15. The van der Waals surface area contributed by atoms with E-state index >= 15 is 0 Å². The van der Waals surface area contributed by atoms with Crippen molar-refractivity contribution in [2.75, 3.05) is 5.73 Å². The molecule has 3 rings (SSSR count). The predicted octanol–water partition coefficient (Wildman–Crippen LogP) is 5.32. The van der Waals surface area contributed by atoms with Crippen LogP contribution in [-0.4, -0.2) is 5.16 Å². The molecule has 0 aliphatic heterocycles. The minimum atomic E-state index is 0.282. The lowest BCUT2D eigenvalue weighted by Crippen LogP contribution is -1.88.